The summed E-state index contributed by atoms with van der Waals surface area (Å²) in [5.41, 5.74) is 2.40. The first-order chi connectivity index (χ1) is 16.1. The average molecular weight is 449 g/mol. The zero-order valence-electron chi connectivity index (χ0n) is 18.2. The maximum absolute atomic E-state index is 12.0. The lowest BCUT2D eigenvalue weighted by atomic mass is 10.1. The summed E-state index contributed by atoms with van der Waals surface area (Å²) >= 11 is 0. The van der Waals surface area contributed by atoms with Crippen molar-refractivity contribution >= 4 is 35.4 Å². The highest BCUT2D eigenvalue weighted by atomic mass is 16.5. The van der Waals surface area contributed by atoms with Crippen molar-refractivity contribution in [2.45, 2.75) is 31.8 Å². The van der Waals surface area contributed by atoms with E-state index < -0.39 is 5.91 Å². The summed E-state index contributed by atoms with van der Waals surface area (Å²) in [7, 11) is 3.19. The molecule has 2 aliphatic rings. The first-order valence-corrected chi connectivity index (χ1v) is 10.6. The quantitative estimate of drug-likeness (QED) is 0.348. The van der Waals surface area contributed by atoms with Crippen LogP contribution in [0, 0.1) is 0 Å². The summed E-state index contributed by atoms with van der Waals surface area (Å²) in [6.45, 7) is 0.404. The lowest BCUT2D eigenvalue weighted by Crippen LogP contribution is -2.19. The van der Waals surface area contributed by atoms with Crippen LogP contribution in [0.5, 0.6) is 11.5 Å². The van der Waals surface area contributed by atoms with Gasteiger partial charge in [0, 0.05) is 29.3 Å². The van der Waals surface area contributed by atoms with E-state index in [0.717, 1.165) is 18.4 Å². The number of hydrogen-bond donors (Lipinski definition) is 3. The number of carbonyl (C=O) groups is 2. The fraction of sp³-hybridized carbons (Fsp3) is 0.318. The number of rotatable bonds is 8. The van der Waals surface area contributed by atoms with Gasteiger partial charge in [-0.2, -0.15) is 19.6 Å². The minimum absolute atomic E-state index is 0.0369. The SMILES string of the molecule is COc1cccc(CNc2nc(NC3CC3)n3ncc(/C=C4\CC(=O)NC4=O)c3n2)c1OC. The topological polar surface area (TPSA) is 132 Å². The number of anilines is 2. The Kier molecular flexibility index (Phi) is 5.29. The van der Waals surface area contributed by atoms with E-state index in [1.807, 2.05) is 18.2 Å². The second-order valence-corrected chi connectivity index (χ2v) is 7.85. The van der Waals surface area contributed by atoms with Crippen LogP contribution in [0.3, 0.4) is 0 Å². The Hall–Kier alpha value is -4.15. The van der Waals surface area contributed by atoms with Crippen LogP contribution in [-0.2, 0) is 16.1 Å². The van der Waals surface area contributed by atoms with Gasteiger partial charge in [-0.05, 0) is 25.0 Å². The lowest BCUT2D eigenvalue weighted by molar-refractivity contribution is -0.124. The van der Waals surface area contributed by atoms with Crippen molar-refractivity contribution in [3.63, 3.8) is 0 Å². The van der Waals surface area contributed by atoms with Crippen molar-refractivity contribution in [3.8, 4) is 11.5 Å². The van der Waals surface area contributed by atoms with Gasteiger partial charge in [0.1, 0.15) is 0 Å². The number of aromatic nitrogens is 4. The van der Waals surface area contributed by atoms with Crippen LogP contribution in [0.4, 0.5) is 11.9 Å². The normalized spacial score (nSPS) is 16.8. The number of amides is 2. The third-order valence-electron chi connectivity index (χ3n) is 5.45. The number of methoxy groups -OCH3 is 2. The van der Waals surface area contributed by atoms with E-state index in [9.17, 15) is 9.59 Å². The van der Waals surface area contributed by atoms with Crippen LogP contribution in [0.2, 0.25) is 0 Å². The zero-order valence-corrected chi connectivity index (χ0v) is 18.2. The average Bonchev–Trinajstić information content (AvgIpc) is 3.45. The van der Waals surface area contributed by atoms with Gasteiger partial charge in [0.2, 0.25) is 17.8 Å². The van der Waals surface area contributed by atoms with Crippen molar-refractivity contribution in [2.75, 3.05) is 24.9 Å². The molecule has 11 heteroatoms. The van der Waals surface area contributed by atoms with Crippen LogP contribution in [0.25, 0.3) is 11.7 Å². The molecule has 1 saturated heterocycles. The number of nitrogens with one attached hydrogen (secondary N) is 3. The smallest absolute Gasteiger partial charge is 0.254 e. The second kappa shape index (κ2) is 8.41. The van der Waals surface area contributed by atoms with Gasteiger partial charge < -0.3 is 20.1 Å². The predicted molar refractivity (Wildman–Crippen MR) is 120 cm³/mol. The van der Waals surface area contributed by atoms with Crippen molar-refractivity contribution in [2.24, 2.45) is 0 Å². The summed E-state index contributed by atoms with van der Waals surface area (Å²) < 4.78 is 12.5. The van der Waals surface area contributed by atoms with Gasteiger partial charge in [0.05, 0.1) is 26.8 Å². The predicted octanol–water partition coefficient (Wildman–Crippen LogP) is 1.76. The van der Waals surface area contributed by atoms with E-state index >= 15 is 0 Å². The number of fused-ring (bicyclic) bond motifs is 1. The Morgan fingerprint density at radius 3 is 2.76 bits per heavy atom. The number of benzene rings is 1. The maximum Gasteiger partial charge on any atom is 0.254 e. The van der Waals surface area contributed by atoms with Gasteiger partial charge in [-0.1, -0.05) is 12.1 Å². The second-order valence-electron chi connectivity index (χ2n) is 7.85. The molecule has 3 heterocycles. The zero-order chi connectivity index (χ0) is 22.9. The Labute approximate surface area is 189 Å². The van der Waals surface area contributed by atoms with E-state index in [0.29, 0.717) is 52.8 Å². The summed E-state index contributed by atoms with van der Waals surface area (Å²) in [5.74, 6) is 1.51. The van der Waals surface area contributed by atoms with E-state index in [2.05, 4.69) is 31.0 Å². The number of para-hydroxylation sites is 1. The Balaban J connectivity index is 1.49. The highest BCUT2D eigenvalue weighted by Gasteiger charge is 2.26. The van der Waals surface area contributed by atoms with Crippen LogP contribution >= 0.6 is 0 Å². The van der Waals surface area contributed by atoms with Gasteiger partial charge in [-0.25, -0.2) is 0 Å². The fourth-order valence-corrected chi connectivity index (χ4v) is 3.65. The van der Waals surface area contributed by atoms with Crippen LogP contribution in [0.1, 0.15) is 30.4 Å². The molecule has 1 saturated carbocycles. The molecule has 3 N–H and O–H groups in total. The molecule has 0 radical (unpaired) electrons. The molecule has 0 unspecified atom stereocenters. The molecule has 1 aliphatic heterocycles. The highest BCUT2D eigenvalue weighted by molar-refractivity contribution is 6.15. The summed E-state index contributed by atoms with van der Waals surface area (Å²) in [6, 6.07) is 6.00. The van der Waals surface area contributed by atoms with Gasteiger partial charge in [-0.3, -0.25) is 14.9 Å². The van der Waals surface area contributed by atoms with Crippen LogP contribution in [0.15, 0.2) is 30.0 Å². The third-order valence-corrected chi connectivity index (χ3v) is 5.45. The standard InChI is InChI=1S/C22H23N7O4/c1-32-16-5-3-4-12(18(16)33-2)10-23-21-27-19-14(8-13-9-17(30)26-20(13)31)11-24-29(19)22(28-21)25-15-6-7-15/h3-5,8,11,15H,6-7,9-10H2,1-2H3,(H,26,30,31)(H2,23,25,27,28)/b13-8+. The molecule has 170 valence electrons. The van der Waals surface area contributed by atoms with Crippen molar-refractivity contribution < 1.29 is 19.1 Å². The van der Waals surface area contributed by atoms with E-state index in [4.69, 9.17) is 9.47 Å². The fourth-order valence-electron chi connectivity index (χ4n) is 3.65. The molecule has 3 aromatic rings. The Morgan fingerprint density at radius 1 is 1.21 bits per heavy atom. The lowest BCUT2D eigenvalue weighted by Gasteiger charge is -2.14. The molecule has 5 rings (SSSR count). The molecule has 0 bridgehead atoms. The molecule has 0 spiro atoms. The molecule has 2 fully saturated rings. The molecule has 1 aromatic carbocycles. The summed E-state index contributed by atoms with van der Waals surface area (Å²) in [6.07, 6.45) is 5.42. The largest absolute Gasteiger partial charge is 0.493 e. The Bertz CT molecular complexity index is 1280. The van der Waals surface area contributed by atoms with Gasteiger partial charge in [0.15, 0.2) is 17.1 Å². The molecule has 0 atom stereocenters. The first kappa shape index (κ1) is 20.7. The van der Waals surface area contributed by atoms with Crippen molar-refractivity contribution in [3.05, 3.63) is 41.1 Å². The number of nitrogens with zero attached hydrogens (tertiary/aromatic N) is 4. The van der Waals surface area contributed by atoms with E-state index in [1.54, 1.807) is 31.0 Å². The van der Waals surface area contributed by atoms with Gasteiger partial charge in [0.25, 0.3) is 5.91 Å². The molecular weight excluding hydrogens is 426 g/mol. The monoisotopic (exact) mass is 449 g/mol. The first-order valence-electron chi connectivity index (χ1n) is 10.6. The summed E-state index contributed by atoms with van der Waals surface area (Å²) in [5, 5.41) is 13.3. The molecule has 2 amide bonds. The van der Waals surface area contributed by atoms with Crippen LogP contribution < -0.4 is 25.4 Å². The highest BCUT2D eigenvalue weighted by Crippen LogP contribution is 2.31. The van der Waals surface area contributed by atoms with E-state index in [-0.39, 0.29) is 12.3 Å². The van der Waals surface area contributed by atoms with Gasteiger partial charge >= 0.3 is 0 Å². The van der Waals surface area contributed by atoms with Crippen molar-refractivity contribution in [1.82, 2.24) is 24.9 Å². The molecular formula is C22H23N7O4. The Morgan fingerprint density at radius 2 is 2.06 bits per heavy atom. The number of hydrogen-bond acceptors (Lipinski definition) is 9. The minimum Gasteiger partial charge on any atom is -0.493 e. The van der Waals surface area contributed by atoms with Crippen molar-refractivity contribution in [1.29, 1.82) is 0 Å². The number of carbonyl (C=O) groups excluding carboxylic acids is 2. The third kappa shape index (κ3) is 4.16. The van der Waals surface area contributed by atoms with Crippen LogP contribution in [-0.4, -0.2) is 51.7 Å². The molecule has 33 heavy (non-hydrogen) atoms. The molecule has 11 nitrogen and oxygen atoms in total. The maximum atomic E-state index is 12.0. The number of ether oxygens (including phenoxy) is 2. The van der Waals surface area contributed by atoms with E-state index in [1.165, 1.54) is 0 Å². The molecule has 1 aliphatic carbocycles. The number of imide groups is 1. The minimum atomic E-state index is -0.395. The molecule has 2 aromatic heterocycles. The summed E-state index contributed by atoms with van der Waals surface area (Å²) in [4.78, 5) is 32.8. The van der Waals surface area contributed by atoms with Gasteiger partial charge in [-0.15, -0.1) is 0 Å².